The number of carbonyl (C=O) groups excluding carboxylic acids is 1. The maximum atomic E-state index is 12.6. The molecule has 0 unspecified atom stereocenters. The first kappa shape index (κ1) is 14.0. The first-order valence-electron chi connectivity index (χ1n) is 6.62. The van der Waals surface area contributed by atoms with E-state index in [1.165, 1.54) is 11.3 Å². The SMILES string of the molecule is CCN(C(=O)c1ccc(Cl)cc1)c1nc2ccccc2s1. The molecule has 0 saturated carbocycles. The normalized spacial score (nSPS) is 10.8. The summed E-state index contributed by atoms with van der Waals surface area (Å²) in [5.41, 5.74) is 1.53. The van der Waals surface area contributed by atoms with Gasteiger partial charge in [0.1, 0.15) is 0 Å². The van der Waals surface area contributed by atoms with Gasteiger partial charge < -0.3 is 0 Å². The average molecular weight is 317 g/mol. The van der Waals surface area contributed by atoms with Crippen molar-refractivity contribution in [2.24, 2.45) is 0 Å². The van der Waals surface area contributed by atoms with Crippen molar-refractivity contribution in [2.45, 2.75) is 6.92 Å². The van der Waals surface area contributed by atoms with E-state index in [-0.39, 0.29) is 5.91 Å². The number of amides is 1. The van der Waals surface area contributed by atoms with E-state index in [2.05, 4.69) is 4.98 Å². The Hall–Kier alpha value is -1.91. The van der Waals surface area contributed by atoms with E-state index in [4.69, 9.17) is 11.6 Å². The predicted octanol–water partition coefficient (Wildman–Crippen LogP) is 4.62. The van der Waals surface area contributed by atoms with E-state index in [9.17, 15) is 4.79 Å². The third-order valence-corrected chi connectivity index (χ3v) is 4.48. The molecule has 0 aliphatic rings. The molecule has 0 aliphatic carbocycles. The number of aromatic nitrogens is 1. The predicted molar refractivity (Wildman–Crippen MR) is 88.4 cm³/mol. The molecular weight excluding hydrogens is 304 g/mol. The van der Waals surface area contributed by atoms with Crippen molar-refractivity contribution in [1.82, 2.24) is 4.98 Å². The monoisotopic (exact) mass is 316 g/mol. The lowest BCUT2D eigenvalue weighted by molar-refractivity contribution is 0.0988. The van der Waals surface area contributed by atoms with Crippen LogP contribution in [0.3, 0.4) is 0 Å². The van der Waals surface area contributed by atoms with E-state index in [1.807, 2.05) is 31.2 Å². The van der Waals surface area contributed by atoms with Crippen LogP contribution < -0.4 is 4.90 Å². The molecule has 21 heavy (non-hydrogen) atoms. The number of fused-ring (bicyclic) bond motifs is 1. The molecule has 0 N–H and O–H groups in total. The quantitative estimate of drug-likeness (QED) is 0.706. The standard InChI is InChI=1S/C16H13ClN2OS/c1-2-19(15(20)11-7-9-12(17)10-8-11)16-18-13-5-3-4-6-14(13)21-16/h3-10H,2H2,1H3. The summed E-state index contributed by atoms with van der Waals surface area (Å²) in [4.78, 5) is 18.8. The third-order valence-electron chi connectivity index (χ3n) is 3.17. The van der Waals surface area contributed by atoms with Gasteiger partial charge in [0.05, 0.1) is 10.2 Å². The van der Waals surface area contributed by atoms with Crippen molar-refractivity contribution in [3.63, 3.8) is 0 Å². The molecule has 3 rings (SSSR count). The number of nitrogens with zero attached hydrogens (tertiary/aromatic N) is 2. The Balaban J connectivity index is 1.97. The number of rotatable bonds is 3. The number of para-hydroxylation sites is 1. The smallest absolute Gasteiger partial charge is 0.260 e. The number of carbonyl (C=O) groups is 1. The van der Waals surface area contributed by atoms with Gasteiger partial charge in [-0.2, -0.15) is 0 Å². The summed E-state index contributed by atoms with van der Waals surface area (Å²) in [6.07, 6.45) is 0. The van der Waals surface area contributed by atoms with E-state index < -0.39 is 0 Å². The zero-order chi connectivity index (χ0) is 14.8. The van der Waals surface area contributed by atoms with Gasteiger partial charge in [0, 0.05) is 17.1 Å². The van der Waals surface area contributed by atoms with Crippen molar-refractivity contribution in [1.29, 1.82) is 0 Å². The van der Waals surface area contributed by atoms with Gasteiger partial charge in [0.25, 0.3) is 5.91 Å². The Morgan fingerprint density at radius 3 is 2.57 bits per heavy atom. The van der Waals surface area contributed by atoms with Crippen LogP contribution in [0.4, 0.5) is 5.13 Å². The molecule has 3 nitrogen and oxygen atoms in total. The van der Waals surface area contributed by atoms with Crippen molar-refractivity contribution in [2.75, 3.05) is 11.4 Å². The van der Waals surface area contributed by atoms with Crippen LogP contribution in [0.2, 0.25) is 5.02 Å². The van der Waals surface area contributed by atoms with Crippen LogP contribution in [0.25, 0.3) is 10.2 Å². The second kappa shape index (κ2) is 5.84. The Kier molecular flexibility index (Phi) is 3.90. The van der Waals surface area contributed by atoms with Gasteiger partial charge in [-0.05, 0) is 43.3 Å². The lowest BCUT2D eigenvalue weighted by Crippen LogP contribution is -2.30. The maximum Gasteiger partial charge on any atom is 0.260 e. The number of hydrogen-bond donors (Lipinski definition) is 0. The minimum atomic E-state index is -0.0618. The van der Waals surface area contributed by atoms with Crippen LogP contribution in [0.1, 0.15) is 17.3 Å². The highest BCUT2D eigenvalue weighted by Crippen LogP contribution is 2.29. The number of thiazole rings is 1. The molecule has 0 spiro atoms. The van der Waals surface area contributed by atoms with Gasteiger partial charge in [-0.15, -0.1) is 0 Å². The molecule has 106 valence electrons. The summed E-state index contributed by atoms with van der Waals surface area (Å²) in [6, 6.07) is 14.8. The lowest BCUT2D eigenvalue weighted by Gasteiger charge is -2.17. The first-order chi connectivity index (χ1) is 10.2. The van der Waals surface area contributed by atoms with Crippen molar-refractivity contribution in [3.8, 4) is 0 Å². The summed E-state index contributed by atoms with van der Waals surface area (Å²) in [5.74, 6) is -0.0618. The van der Waals surface area contributed by atoms with Gasteiger partial charge in [-0.3, -0.25) is 9.69 Å². The summed E-state index contributed by atoms with van der Waals surface area (Å²) < 4.78 is 1.08. The molecule has 1 aromatic heterocycles. The number of halogens is 1. The summed E-state index contributed by atoms with van der Waals surface area (Å²) in [6.45, 7) is 2.52. The van der Waals surface area contributed by atoms with E-state index >= 15 is 0 Å². The van der Waals surface area contributed by atoms with Crippen LogP contribution in [-0.4, -0.2) is 17.4 Å². The molecular formula is C16H13ClN2OS. The summed E-state index contributed by atoms with van der Waals surface area (Å²) in [7, 11) is 0. The highest BCUT2D eigenvalue weighted by Gasteiger charge is 2.19. The second-order valence-corrected chi connectivity index (χ2v) is 5.97. The fourth-order valence-electron chi connectivity index (χ4n) is 2.09. The summed E-state index contributed by atoms with van der Waals surface area (Å²) >= 11 is 7.39. The number of benzene rings is 2. The zero-order valence-corrected chi connectivity index (χ0v) is 13.0. The highest BCUT2D eigenvalue weighted by atomic mass is 35.5. The molecule has 0 radical (unpaired) electrons. The molecule has 0 bridgehead atoms. The van der Waals surface area contributed by atoms with E-state index in [0.29, 0.717) is 17.1 Å². The Morgan fingerprint density at radius 1 is 1.19 bits per heavy atom. The first-order valence-corrected chi connectivity index (χ1v) is 7.81. The van der Waals surface area contributed by atoms with Gasteiger partial charge in [0.2, 0.25) is 0 Å². The van der Waals surface area contributed by atoms with Crippen LogP contribution in [-0.2, 0) is 0 Å². The van der Waals surface area contributed by atoms with Gasteiger partial charge in [0.15, 0.2) is 5.13 Å². The molecule has 3 aromatic rings. The number of anilines is 1. The average Bonchev–Trinajstić information content (AvgIpc) is 2.92. The highest BCUT2D eigenvalue weighted by molar-refractivity contribution is 7.22. The van der Waals surface area contributed by atoms with E-state index in [0.717, 1.165) is 15.3 Å². The summed E-state index contributed by atoms with van der Waals surface area (Å²) in [5, 5.41) is 1.34. The fraction of sp³-hybridized carbons (Fsp3) is 0.125. The third kappa shape index (κ3) is 2.77. The minimum Gasteiger partial charge on any atom is -0.284 e. The topological polar surface area (TPSA) is 33.2 Å². The Labute approximate surface area is 131 Å². The second-order valence-electron chi connectivity index (χ2n) is 4.52. The van der Waals surface area contributed by atoms with Crippen molar-refractivity contribution < 1.29 is 4.79 Å². The maximum absolute atomic E-state index is 12.6. The molecule has 2 aromatic carbocycles. The van der Waals surface area contributed by atoms with Crippen molar-refractivity contribution >= 4 is 44.2 Å². The minimum absolute atomic E-state index is 0.0618. The van der Waals surface area contributed by atoms with Crippen LogP contribution in [0.5, 0.6) is 0 Å². The largest absolute Gasteiger partial charge is 0.284 e. The Morgan fingerprint density at radius 2 is 1.90 bits per heavy atom. The van der Waals surface area contributed by atoms with Crippen LogP contribution >= 0.6 is 22.9 Å². The molecule has 0 aliphatic heterocycles. The molecule has 0 atom stereocenters. The van der Waals surface area contributed by atoms with Crippen molar-refractivity contribution in [3.05, 3.63) is 59.1 Å². The lowest BCUT2D eigenvalue weighted by atomic mass is 10.2. The molecule has 1 heterocycles. The Bertz CT molecular complexity index is 749. The van der Waals surface area contributed by atoms with Gasteiger partial charge in [-0.1, -0.05) is 35.1 Å². The molecule has 0 fully saturated rings. The zero-order valence-electron chi connectivity index (χ0n) is 11.4. The van der Waals surface area contributed by atoms with Crippen LogP contribution in [0, 0.1) is 0 Å². The van der Waals surface area contributed by atoms with Gasteiger partial charge >= 0.3 is 0 Å². The molecule has 1 amide bonds. The van der Waals surface area contributed by atoms with E-state index in [1.54, 1.807) is 29.2 Å². The molecule has 5 heteroatoms. The molecule has 0 saturated heterocycles. The van der Waals surface area contributed by atoms with Gasteiger partial charge in [-0.25, -0.2) is 4.98 Å². The van der Waals surface area contributed by atoms with Crippen LogP contribution in [0.15, 0.2) is 48.5 Å². The fourth-order valence-corrected chi connectivity index (χ4v) is 3.24. The number of hydrogen-bond acceptors (Lipinski definition) is 3.